The number of benzene rings is 1. The van der Waals surface area contributed by atoms with Crippen LogP contribution in [0.4, 0.5) is 0 Å². The molecule has 2 aliphatic rings. The van der Waals surface area contributed by atoms with Crippen molar-refractivity contribution >= 4 is 33.3 Å². The molecule has 191 valence electrons. The number of hydrogen-bond acceptors (Lipinski definition) is 4. The summed E-state index contributed by atoms with van der Waals surface area (Å²) >= 11 is 0. The zero-order valence-corrected chi connectivity index (χ0v) is 21.6. The Morgan fingerprint density at radius 3 is 2.73 bits per heavy atom. The zero-order valence-electron chi connectivity index (χ0n) is 21.6. The second-order valence-electron chi connectivity index (χ2n) is 9.68. The molecule has 1 fully saturated rings. The van der Waals surface area contributed by atoms with E-state index in [0.29, 0.717) is 0 Å². The lowest BCUT2D eigenvalue weighted by atomic mass is 10.0. The Morgan fingerprint density at radius 1 is 1.11 bits per heavy atom. The monoisotopic (exact) mass is 495 g/mol. The molecule has 1 aliphatic heterocycles. The van der Waals surface area contributed by atoms with Gasteiger partial charge in [-0.3, -0.25) is 14.7 Å². The minimum absolute atomic E-state index is 0.180. The van der Waals surface area contributed by atoms with Gasteiger partial charge in [0.15, 0.2) is 0 Å². The molecule has 6 heteroatoms. The highest BCUT2D eigenvalue weighted by Gasteiger charge is 2.26. The number of rotatable bonds is 11. The van der Waals surface area contributed by atoms with Crippen LogP contribution in [0.1, 0.15) is 25.3 Å². The number of carbonyl (C=O) groups excluding carboxylic acids is 1. The number of aromatic amines is 1. The minimum Gasteiger partial charge on any atom is -0.380 e. The average molecular weight is 496 g/mol. The zero-order chi connectivity index (χ0) is 25.6. The normalized spacial score (nSPS) is 16.6. The van der Waals surface area contributed by atoms with Crippen LogP contribution in [0.25, 0.3) is 27.4 Å². The summed E-state index contributed by atoms with van der Waals surface area (Å²) < 4.78 is 5.87. The van der Waals surface area contributed by atoms with Crippen molar-refractivity contribution in [2.24, 2.45) is 0 Å². The highest BCUT2D eigenvalue weighted by atomic mass is 16.5. The summed E-state index contributed by atoms with van der Waals surface area (Å²) in [6, 6.07) is 8.54. The number of ether oxygens (including phenoxy) is 1. The summed E-state index contributed by atoms with van der Waals surface area (Å²) in [5.74, 6) is 0.180. The maximum absolute atomic E-state index is 12.1. The Labute approximate surface area is 219 Å². The molecule has 1 N–H and O–H groups in total. The molecule has 1 saturated heterocycles. The second-order valence-corrected chi connectivity index (χ2v) is 9.68. The molecule has 5 rings (SSSR count). The summed E-state index contributed by atoms with van der Waals surface area (Å²) in [5.41, 5.74) is 6.54. The van der Waals surface area contributed by atoms with Crippen LogP contribution in [0.2, 0.25) is 0 Å². The molecule has 0 bridgehead atoms. The lowest BCUT2D eigenvalue weighted by Crippen LogP contribution is -2.49. The van der Waals surface area contributed by atoms with Gasteiger partial charge >= 0.3 is 0 Å². The standard InChI is InChI=1S/C31H35N4O2/c1-3-24(26-10-11-27-28-22-32-13-12-29(28)33-30(27)21-26)7-6-23(2)5-4-19-37-20-18-34-14-16-35(17-15-34)31(36)25-8-9-25/h3,6-13,21-22,33H,2,4-5,14-20H2,1H3/b7-6-,24-3+. The number of nitrogens with one attached hydrogen (secondary N) is 1. The van der Waals surface area contributed by atoms with Crippen LogP contribution in [-0.2, 0) is 9.53 Å². The van der Waals surface area contributed by atoms with Crippen LogP contribution in [-0.4, -0.2) is 71.6 Å². The third-order valence-corrected chi connectivity index (χ3v) is 7.12. The summed E-state index contributed by atoms with van der Waals surface area (Å²) in [4.78, 5) is 24.1. The minimum atomic E-state index is 0.180. The highest BCUT2D eigenvalue weighted by Crippen LogP contribution is 2.28. The van der Waals surface area contributed by atoms with E-state index in [1.807, 2.05) is 35.9 Å². The van der Waals surface area contributed by atoms with Gasteiger partial charge in [0.25, 0.3) is 0 Å². The molecule has 1 radical (unpaired) electrons. The maximum Gasteiger partial charge on any atom is 0.250 e. The third kappa shape index (κ3) is 6.27. The Bertz CT molecular complexity index is 1370. The van der Waals surface area contributed by atoms with E-state index in [1.165, 1.54) is 16.5 Å². The van der Waals surface area contributed by atoms with Crippen LogP contribution in [0, 0.1) is 6.42 Å². The van der Waals surface area contributed by atoms with Gasteiger partial charge in [-0.15, -0.1) is 0 Å². The number of piperazine rings is 1. The summed E-state index contributed by atoms with van der Waals surface area (Å²) in [6.07, 6.45) is 15.8. The molecule has 2 aromatic heterocycles. The topological polar surface area (TPSA) is 61.5 Å². The quantitative estimate of drug-likeness (QED) is 0.289. The fourth-order valence-electron chi connectivity index (χ4n) is 4.81. The lowest BCUT2D eigenvalue weighted by Gasteiger charge is -2.34. The molecule has 0 unspecified atom stereocenters. The smallest absolute Gasteiger partial charge is 0.250 e. The average Bonchev–Trinajstić information content (AvgIpc) is 3.71. The number of nitrogens with zero attached hydrogens (tertiary/aromatic N) is 3. The third-order valence-electron chi connectivity index (χ3n) is 7.12. The summed E-state index contributed by atoms with van der Waals surface area (Å²) in [5, 5.41) is 2.34. The van der Waals surface area contributed by atoms with E-state index in [0.717, 1.165) is 86.3 Å². The van der Waals surface area contributed by atoms with Crippen molar-refractivity contribution in [3.63, 3.8) is 0 Å². The van der Waals surface area contributed by atoms with Crippen LogP contribution in [0.15, 0.2) is 78.7 Å². The van der Waals surface area contributed by atoms with E-state index < -0.39 is 0 Å². The molecule has 6 nitrogen and oxygen atoms in total. The number of carbonyl (C=O) groups is 1. The fourth-order valence-corrected chi connectivity index (χ4v) is 4.81. The Hall–Kier alpha value is -3.48. The van der Waals surface area contributed by atoms with Crippen molar-refractivity contribution in [1.82, 2.24) is 19.8 Å². The van der Waals surface area contributed by atoms with Crippen molar-refractivity contribution < 1.29 is 9.53 Å². The van der Waals surface area contributed by atoms with E-state index in [1.54, 1.807) is 0 Å². The maximum atomic E-state index is 12.1. The molecule has 0 spiro atoms. The summed E-state index contributed by atoms with van der Waals surface area (Å²) in [7, 11) is 0. The molecule has 0 atom stereocenters. The largest absolute Gasteiger partial charge is 0.380 e. The van der Waals surface area contributed by atoms with Gasteiger partial charge in [0.2, 0.25) is 5.91 Å². The molecular formula is C31H35N4O2. The molecule has 1 aliphatic carbocycles. The first-order chi connectivity index (χ1) is 18.1. The van der Waals surface area contributed by atoms with Gasteiger partial charge in [-0.1, -0.05) is 48.6 Å². The summed E-state index contributed by atoms with van der Waals surface area (Å²) in [6.45, 7) is 12.1. The number of H-pyrrole nitrogens is 1. The number of pyridine rings is 1. The van der Waals surface area contributed by atoms with E-state index >= 15 is 0 Å². The van der Waals surface area contributed by atoms with Crippen LogP contribution >= 0.6 is 0 Å². The lowest BCUT2D eigenvalue weighted by molar-refractivity contribution is -0.128. The van der Waals surface area contributed by atoms with E-state index in [-0.39, 0.29) is 5.91 Å². The van der Waals surface area contributed by atoms with Crippen molar-refractivity contribution in [2.75, 3.05) is 45.9 Å². The SMILES string of the molecule is C=C(/C=C\C(=C/C)c1ccc2c(c1)[nH]c1ccncc12)CCCOCCN1CCN(C(=O)C2=C[CH]2)CC1. The van der Waals surface area contributed by atoms with Gasteiger partial charge in [0.05, 0.1) is 6.61 Å². The first-order valence-corrected chi connectivity index (χ1v) is 13.1. The first kappa shape index (κ1) is 25.2. The predicted molar refractivity (Wildman–Crippen MR) is 151 cm³/mol. The van der Waals surface area contributed by atoms with Gasteiger partial charge in [-0.05, 0) is 43.0 Å². The number of amides is 1. The molecule has 3 aromatic rings. The first-order valence-electron chi connectivity index (χ1n) is 13.1. The van der Waals surface area contributed by atoms with Crippen LogP contribution < -0.4 is 0 Å². The van der Waals surface area contributed by atoms with Gasteiger partial charge in [0.1, 0.15) is 0 Å². The highest BCUT2D eigenvalue weighted by molar-refractivity contribution is 6.07. The molecule has 3 heterocycles. The predicted octanol–water partition coefficient (Wildman–Crippen LogP) is 5.32. The van der Waals surface area contributed by atoms with E-state index in [4.69, 9.17) is 4.74 Å². The molecule has 37 heavy (non-hydrogen) atoms. The van der Waals surface area contributed by atoms with Gasteiger partial charge in [0, 0.05) is 85.5 Å². The van der Waals surface area contributed by atoms with E-state index in [2.05, 4.69) is 64.8 Å². The molecular weight excluding hydrogens is 460 g/mol. The number of hydrogen-bond donors (Lipinski definition) is 1. The van der Waals surface area contributed by atoms with Gasteiger partial charge in [-0.25, -0.2) is 0 Å². The second kappa shape index (κ2) is 11.7. The fraction of sp³-hybridized carbons (Fsp3) is 0.323. The van der Waals surface area contributed by atoms with Crippen molar-refractivity contribution in [1.29, 1.82) is 0 Å². The van der Waals surface area contributed by atoms with Crippen molar-refractivity contribution in [3.05, 3.63) is 90.7 Å². The van der Waals surface area contributed by atoms with Gasteiger partial charge < -0.3 is 14.6 Å². The Morgan fingerprint density at radius 2 is 1.95 bits per heavy atom. The molecule has 1 amide bonds. The van der Waals surface area contributed by atoms with Gasteiger partial charge in [-0.2, -0.15) is 0 Å². The number of fused-ring (bicyclic) bond motifs is 3. The van der Waals surface area contributed by atoms with E-state index in [9.17, 15) is 4.79 Å². The Kier molecular flexibility index (Phi) is 7.97. The molecule has 0 saturated carbocycles. The number of allylic oxidation sites excluding steroid dienone is 6. The van der Waals surface area contributed by atoms with Crippen LogP contribution in [0.5, 0.6) is 0 Å². The number of aromatic nitrogens is 2. The van der Waals surface area contributed by atoms with Crippen LogP contribution in [0.3, 0.4) is 0 Å². The van der Waals surface area contributed by atoms with Crippen molar-refractivity contribution in [2.45, 2.75) is 19.8 Å². The van der Waals surface area contributed by atoms with Crippen molar-refractivity contribution in [3.8, 4) is 0 Å². The molecule has 1 aromatic carbocycles. The Balaban J connectivity index is 1.01.